The van der Waals surface area contributed by atoms with Gasteiger partial charge in [0.25, 0.3) is 0 Å². The molecule has 2 heterocycles. The summed E-state index contributed by atoms with van der Waals surface area (Å²) in [5.74, 6) is 0. The first-order valence-electron chi connectivity index (χ1n) is 19.1. The zero-order valence-electron chi connectivity index (χ0n) is 36.1. The van der Waals surface area contributed by atoms with E-state index in [0.29, 0.717) is 11.1 Å². The predicted molar refractivity (Wildman–Crippen MR) is 242 cm³/mol. The van der Waals surface area contributed by atoms with Gasteiger partial charge in [-0.3, -0.25) is 0 Å². The van der Waals surface area contributed by atoms with Crippen LogP contribution in [0, 0.1) is 22.7 Å². The van der Waals surface area contributed by atoms with E-state index in [1.807, 2.05) is 137 Å². The van der Waals surface area contributed by atoms with Crippen molar-refractivity contribution < 1.29 is 59.5 Å². The fourth-order valence-corrected chi connectivity index (χ4v) is 5.50. The summed E-state index contributed by atoms with van der Waals surface area (Å²) in [6.07, 6.45) is 12.0. The van der Waals surface area contributed by atoms with Gasteiger partial charge in [-0.05, 0) is 80.9 Å². The Morgan fingerprint density at radius 2 is 0.636 bits per heavy atom. The van der Waals surface area contributed by atoms with E-state index in [1.165, 1.54) is 0 Å². The molecule has 4 aromatic carbocycles. The molecule has 0 aliphatic rings. The number of nitriles is 2. The fraction of sp³-hybridized carbons (Fsp3) is 0.130. The summed E-state index contributed by atoms with van der Waals surface area (Å²) in [4.78, 5) is 4.11. The SMILES string of the molecule is CN(C)c1ccc(/C=C(\C#N)c2ccc(-c3cc[n+](C)cc3)cc2)cc1.CN(C)c1ccc(/C=C(\C#N)c2ccc(-c3cc[n+](C)cc3)cc2)cc1.F[P-](F)(F)(F)(F)F.F[P-](F)(F)(F)(F)F. The van der Waals surface area contributed by atoms with Crippen molar-refractivity contribution in [3.05, 3.63) is 168 Å². The topological polar surface area (TPSA) is 61.8 Å². The number of hydrogen-bond acceptors (Lipinski definition) is 4. The van der Waals surface area contributed by atoms with E-state index in [-0.39, 0.29) is 0 Å². The van der Waals surface area contributed by atoms with Crippen LogP contribution in [0.25, 0.3) is 45.6 Å². The predicted octanol–water partition coefficient (Wildman–Crippen LogP) is 15.4. The number of anilines is 2. The second-order valence-electron chi connectivity index (χ2n) is 14.9. The van der Waals surface area contributed by atoms with Gasteiger partial charge in [-0.25, -0.2) is 9.13 Å². The van der Waals surface area contributed by atoms with Crippen LogP contribution in [0.15, 0.2) is 146 Å². The van der Waals surface area contributed by atoms with E-state index >= 15 is 0 Å². The first-order chi connectivity index (χ1) is 30.0. The third-order valence-electron chi connectivity index (χ3n) is 8.70. The average molecular weight is 971 g/mol. The second-order valence-corrected chi connectivity index (χ2v) is 18.7. The van der Waals surface area contributed by atoms with Gasteiger partial charge in [-0.2, -0.15) is 10.5 Å². The van der Waals surface area contributed by atoms with Crippen LogP contribution in [0.1, 0.15) is 22.3 Å². The van der Waals surface area contributed by atoms with Crippen molar-refractivity contribution in [2.45, 2.75) is 0 Å². The summed E-state index contributed by atoms with van der Waals surface area (Å²) >= 11 is 0. The normalized spacial score (nSPS) is 13.6. The molecule has 0 radical (unpaired) electrons. The van der Waals surface area contributed by atoms with Gasteiger partial charge in [0.05, 0.1) is 23.3 Å². The van der Waals surface area contributed by atoms with Crippen molar-refractivity contribution >= 4 is 50.3 Å². The Labute approximate surface area is 374 Å². The summed E-state index contributed by atoms with van der Waals surface area (Å²) in [5.41, 5.74) is 12.1. The van der Waals surface area contributed by atoms with Crippen molar-refractivity contribution in [1.29, 1.82) is 10.5 Å². The Hall–Kier alpha value is -6.74. The average Bonchev–Trinajstić information content (AvgIpc) is 3.21. The zero-order chi connectivity index (χ0) is 49.9. The van der Waals surface area contributed by atoms with Crippen molar-refractivity contribution in [3.63, 3.8) is 0 Å². The molecule has 0 spiro atoms. The number of aryl methyl sites for hydroxylation is 2. The van der Waals surface area contributed by atoms with Gasteiger partial charge in [-0.1, -0.05) is 72.8 Å². The van der Waals surface area contributed by atoms with Crippen LogP contribution in [-0.4, -0.2) is 28.2 Å². The third-order valence-corrected chi connectivity index (χ3v) is 8.70. The van der Waals surface area contributed by atoms with E-state index in [0.717, 1.165) is 55.9 Å². The summed E-state index contributed by atoms with van der Waals surface area (Å²) in [7, 11) is -9.26. The number of allylic oxidation sites excluding steroid dienone is 2. The monoisotopic (exact) mass is 970 g/mol. The minimum atomic E-state index is -10.7. The van der Waals surface area contributed by atoms with Crippen LogP contribution in [0.4, 0.5) is 61.7 Å². The van der Waals surface area contributed by atoms with Crippen LogP contribution in [0.5, 0.6) is 0 Å². The first kappa shape index (κ1) is 53.6. The molecule has 0 bridgehead atoms. The van der Waals surface area contributed by atoms with Crippen molar-refractivity contribution in [2.75, 3.05) is 38.0 Å². The van der Waals surface area contributed by atoms with Gasteiger partial charge in [0.15, 0.2) is 24.8 Å². The molecule has 20 heteroatoms. The van der Waals surface area contributed by atoms with Crippen LogP contribution >= 0.6 is 15.6 Å². The molecule has 0 N–H and O–H groups in total. The van der Waals surface area contributed by atoms with Gasteiger partial charge in [0.2, 0.25) is 0 Å². The molecule has 0 saturated heterocycles. The minimum absolute atomic E-state index is 0.661. The summed E-state index contributed by atoms with van der Waals surface area (Å²) in [6.45, 7) is 0. The second kappa shape index (κ2) is 19.4. The zero-order valence-corrected chi connectivity index (χ0v) is 37.9. The molecular formula is C46H44F12N6P2. The maximum absolute atomic E-state index is 10.7. The third kappa shape index (κ3) is 22.7. The summed E-state index contributed by atoms with van der Waals surface area (Å²) in [5, 5.41) is 19.1. The quantitative estimate of drug-likeness (QED) is 0.0501. The van der Waals surface area contributed by atoms with Gasteiger partial charge in [0, 0.05) is 63.8 Å². The fourth-order valence-electron chi connectivity index (χ4n) is 5.50. The van der Waals surface area contributed by atoms with Crippen molar-refractivity contribution in [1.82, 2.24) is 0 Å². The number of nitrogens with zero attached hydrogens (tertiary/aromatic N) is 6. The van der Waals surface area contributed by atoms with Gasteiger partial charge in [-0.15, -0.1) is 0 Å². The molecule has 6 rings (SSSR count). The summed E-state index contributed by atoms with van der Waals surface area (Å²) in [6, 6.07) is 45.6. The summed E-state index contributed by atoms with van der Waals surface area (Å²) < 4.78 is 122. The van der Waals surface area contributed by atoms with Crippen LogP contribution < -0.4 is 18.9 Å². The van der Waals surface area contributed by atoms with E-state index in [4.69, 9.17) is 0 Å². The van der Waals surface area contributed by atoms with Crippen LogP contribution in [-0.2, 0) is 14.1 Å². The molecule has 0 unspecified atom stereocenters. The molecule has 6 nitrogen and oxygen atoms in total. The molecule has 0 fully saturated rings. The van der Waals surface area contributed by atoms with Crippen LogP contribution in [0.3, 0.4) is 0 Å². The Kier molecular flexibility index (Phi) is 15.7. The van der Waals surface area contributed by atoms with Gasteiger partial charge < -0.3 is 9.80 Å². The number of pyridine rings is 2. The Morgan fingerprint density at radius 3 is 0.848 bits per heavy atom. The maximum atomic E-state index is 9.87. The molecular weight excluding hydrogens is 926 g/mol. The number of halogens is 12. The number of rotatable bonds is 8. The Balaban J connectivity index is 0.000000273. The van der Waals surface area contributed by atoms with E-state index < -0.39 is 15.6 Å². The number of benzene rings is 4. The van der Waals surface area contributed by atoms with Gasteiger partial charge >= 0.3 is 66.0 Å². The Bertz CT molecular complexity index is 2500. The van der Waals surface area contributed by atoms with Crippen LogP contribution in [0.2, 0.25) is 0 Å². The van der Waals surface area contributed by atoms with Crippen molar-refractivity contribution in [2.24, 2.45) is 14.1 Å². The standard InChI is InChI=1S/2C23H22N3.2F6P/c2*1-25(2)23-10-4-18(5-11-23)16-22(17-24)20-8-6-19(7-9-20)21-12-14-26(3)15-13-21;2*1-7(2,3,4,5)6/h2*4-16H,1-3H3;;/q2*+1;2*-1. The molecule has 352 valence electrons. The first-order valence-corrected chi connectivity index (χ1v) is 23.1. The molecule has 0 saturated carbocycles. The number of aromatic nitrogens is 2. The van der Waals surface area contributed by atoms with E-state index in [2.05, 4.69) is 94.7 Å². The molecule has 0 aliphatic carbocycles. The Morgan fingerprint density at radius 1 is 0.409 bits per heavy atom. The van der Waals surface area contributed by atoms with Gasteiger partial charge in [0.1, 0.15) is 14.1 Å². The molecule has 66 heavy (non-hydrogen) atoms. The van der Waals surface area contributed by atoms with E-state index in [9.17, 15) is 60.9 Å². The molecule has 6 aromatic rings. The molecule has 0 amide bonds. The van der Waals surface area contributed by atoms with E-state index in [1.54, 1.807) is 0 Å². The number of hydrogen-bond donors (Lipinski definition) is 0. The molecule has 0 aliphatic heterocycles. The molecule has 2 aromatic heterocycles. The molecule has 0 atom stereocenters. The van der Waals surface area contributed by atoms with Crippen molar-refractivity contribution in [3.8, 4) is 34.4 Å².